The van der Waals surface area contributed by atoms with Gasteiger partial charge in [-0.3, -0.25) is 14.5 Å². The van der Waals surface area contributed by atoms with Crippen LogP contribution in [0.5, 0.6) is 0 Å². The molecule has 0 aromatic carbocycles. The van der Waals surface area contributed by atoms with Crippen LogP contribution >= 0.6 is 23.1 Å². The van der Waals surface area contributed by atoms with E-state index in [-0.39, 0.29) is 40.4 Å². The molecule has 3 aromatic heterocycles. The molecule has 0 radical (unpaired) electrons. The fraction of sp³-hybridized carbons (Fsp3) is 0.278. The van der Waals surface area contributed by atoms with Crippen molar-refractivity contribution >= 4 is 57.3 Å². The lowest BCUT2D eigenvalue weighted by atomic mass is 10.0. The minimum absolute atomic E-state index is 0.0114. The number of thioether (sulfide) groups is 1. The van der Waals surface area contributed by atoms with Crippen molar-refractivity contribution in [2.75, 3.05) is 11.5 Å². The minimum Gasteiger partial charge on any atom is -0.477 e. The highest BCUT2D eigenvalue weighted by Gasteiger charge is 2.55. The van der Waals surface area contributed by atoms with Gasteiger partial charge in [0, 0.05) is 23.8 Å². The monoisotopic (exact) mass is 531 g/mol. The molecule has 16 nitrogen and oxygen atoms in total. The summed E-state index contributed by atoms with van der Waals surface area (Å²) in [7, 11) is 1.57. The molecular weight excluding hydrogens is 514 g/mol. The maximum Gasteiger partial charge on any atom is 0.353 e. The number of carboxylic acid groups (broad SMARTS) is 1. The van der Waals surface area contributed by atoms with E-state index in [0.717, 1.165) is 16.2 Å². The van der Waals surface area contributed by atoms with Crippen LogP contribution in [0.25, 0.3) is 5.57 Å². The molecule has 2 atom stereocenters. The standard InChI is InChI=1S/C18H17N11O5S2/c1-28-13(24-26-27-28)8-4-35-16-11(15(31)29(16)12(8)17(32)33)23-14(30)10(9-5-36-18(19)22-9)25-34-3-7-2-20-6-21-7/h2,5-6,11,16H,3-4H2,1H3,(H2,19,22)(H,20,21)(H,23,30)(H,32,33)/t11-,16+/m1/s1. The van der Waals surface area contributed by atoms with E-state index < -0.39 is 29.2 Å². The van der Waals surface area contributed by atoms with Gasteiger partial charge in [-0.1, -0.05) is 5.16 Å². The largest absolute Gasteiger partial charge is 0.477 e. The van der Waals surface area contributed by atoms with Crippen molar-refractivity contribution in [3.05, 3.63) is 40.8 Å². The van der Waals surface area contributed by atoms with Gasteiger partial charge >= 0.3 is 5.97 Å². The number of anilines is 1. The summed E-state index contributed by atoms with van der Waals surface area (Å²) in [4.78, 5) is 55.4. The number of oxime groups is 1. The van der Waals surface area contributed by atoms with Gasteiger partial charge < -0.3 is 26.0 Å². The first kappa shape index (κ1) is 23.4. The average molecular weight is 532 g/mol. The summed E-state index contributed by atoms with van der Waals surface area (Å²) in [6.45, 7) is 0.0114. The molecule has 18 heteroatoms. The molecule has 36 heavy (non-hydrogen) atoms. The number of aromatic amines is 1. The minimum atomic E-state index is -1.30. The summed E-state index contributed by atoms with van der Waals surface area (Å²) in [5, 5.41) is 28.6. The van der Waals surface area contributed by atoms with E-state index in [1.807, 2.05) is 0 Å². The lowest BCUT2D eigenvalue weighted by molar-refractivity contribution is -0.149. The quantitative estimate of drug-likeness (QED) is 0.153. The molecule has 0 spiro atoms. The highest BCUT2D eigenvalue weighted by Crippen LogP contribution is 2.42. The summed E-state index contributed by atoms with van der Waals surface area (Å²) < 4.78 is 1.33. The number of imidazole rings is 1. The number of aryl methyl sites for hydroxylation is 1. The Hall–Kier alpha value is -4.32. The zero-order valence-corrected chi connectivity index (χ0v) is 20.0. The van der Waals surface area contributed by atoms with Gasteiger partial charge in [0.1, 0.15) is 22.8 Å². The van der Waals surface area contributed by atoms with Crippen molar-refractivity contribution in [3.8, 4) is 0 Å². The molecule has 0 bridgehead atoms. The Labute approximate surface area is 209 Å². The number of amides is 2. The van der Waals surface area contributed by atoms with Gasteiger partial charge in [-0.15, -0.1) is 28.2 Å². The SMILES string of the molecule is Cn1nnnc1C1=C(C(=O)O)N2C(=O)[C@@H](NC(=O)C(=NOCc3cnc[nH]3)c3csc(N)n3)[C@@H]2SC1. The van der Waals surface area contributed by atoms with E-state index in [4.69, 9.17) is 10.6 Å². The fourth-order valence-electron chi connectivity index (χ4n) is 3.62. The third-order valence-corrected chi connectivity index (χ3v) is 7.21. The predicted octanol–water partition coefficient (Wildman–Crippen LogP) is -1.21. The molecular formula is C18H17N11O5S2. The molecule has 0 aliphatic carbocycles. The van der Waals surface area contributed by atoms with E-state index in [9.17, 15) is 19.5 Å². The van der Waals surface area contributed by atoms with Gasteiger partial charge in [0.2, 0.25) is 0 Å². The molecule has 5 rings (SSSR count). The van der Waals surface area contributed by atoms with Crippen LogP contribution in [0.3, 0.4) is 0 Å². The number of tetrazole rings is 1. The molecule has 5 heterocycles. The van der Waals surface area contributed by atoms with E-state index >= 15 is 0 Å². The molecule has 5 N–H and O–H groups in total. The molecule has 2 aliphatic rings. The number of aliphatic carboxylic acids is 1. The highest BCUT2D eigenvalue weighted by molar-refractivity contribution is 8.00. The zero-order valence-electron chi connectivity index (χ0n) is 18.4. The number of β-lactam (4-membered cyclic amide) rings is 1. The Bertz CT molecular complexity index is 1400. The van der Waals surface area contributed by atoms with Crippen LogP contribution in [0.2, 0.25) is 0 Å². The molecule has 0 saturated carbocycles. The summed E-state index contributed by atoms with van der Waals surface area (Å²) in [5.74, 6) is -2.17. The van der Waals surface area contributed by atoms with Gasteiger partial charge in [0.05, 0.1) is 18.2 Å². The molecule has 2 aliphatic heterocycles. The normalized spacial score (nSPS) is 19.6. The summed E-state index contributed by atoms with van der Waals surface area (Å²) in [6, 6.07) is -0.996. The van der Waals surface area contributed by atoms with Gasteiger partial charge in [-0.05, 0) is 10.4 Å². The van der Waals surface area contributed by atoms with Crippen LogP contribution in [-0.2, 0) is 32.9 Å². The Balaban J connectivity index is 1.36. The number of carboxylic acids is 1. The molecule has 3 aromatic rings. The second-order valence-electron chi connectivity index (χ2n) is 7.48. The smallest absolute Gasteiger partial charge is 0.353 e. The number of H-pyrrole nitrogens is 1. The Morgan fingerprint density at radius 2 is 2.28 bits per heavy atom. The van der Waals surface area contributed by atoms with Crippen LogP contribution in [-0.4, -0.2) is 85.8 Å². The van der Waals surface area contributed by atoms with Crippen molar-refractivity contribution in [3.63, 3.8) is 0 Å². The molecule has 186 valence electrons. The van der Waals surface area contributed by atoms with E-state index in [1.54, 1.807) is 7.05 Å². The van der Waals surface area contributed by atoms with Gasteiger partial charge in [-0.25, -0.2) is 19.4 Å². The Morgan fingerprint density at radius 3 is 2.92 bits per heavy atom. The molecule has 1 fully saturated rings. The second-order valence-corrected chi connectivity index (χ2v) is 9.48. The third-order valence-electron chi connectivity index (χ3n) is 5.26. The van der Waals surface area contributed by atoms with Crippen LogP contribution in [0.4, 0.5) is 5.13 Å². The van der Waals surface area contributed by atoms with Crippen molar-refractivity contribution in [2.45, 2.75) is 18.0 Å². The summed E-state index contributed by atoms with van der Waals surface area (Å²) in [5.41, 5.74) is 6.40. The number of thiazole rings is 1. The van der Waals surface area contributed by atoms with E-state index in [2.05, 4.69) is 40.9 Å². The van der Waals surface area contributed by atoms with Gasteiger partial charge in [0.25, 0.3) is 11.8 Å². The zero-order chi connectivity index (χ0) is 25.4. The van der Waals surface area contributed by atoms with Crippen molar-refractivity contribution in [2.24, 2.45) is 12.2 Å². The predicted molar refractivity (Wildman–Crippen MR) is 125 cm³/mol. The number of carbonyl (C=O) groups excluding carboxylic acids is 2. The number of nitrogens with one attached hydrogen (secondary N) is 2. The second kappa shape index (κ2) is 9.38. The highest BCUT2D eigenvalue weighted by atomic mass is 32.2. The topological polar surface area (TPSA) is 219 Å². The number of nitrogens with zero attached hydrogens (tertiary/aromatic N) is 8. The fourth-order valence-corrected chi connectivity index (χ4v) is 5.50. The maximum absolute atomic E-state index is 13.1. The van der Waals surface area contributed by atoms with Crippen LogP contribution in [0.15, 0.2) is 28.8 Å². The van der Waals surface area contributed by atoms with Gasteiger partial charge in [-0.2, -0.15) is 0 Å². The summed E-state index contributed by atoms with van der Waals surface area (Å²) in [6.07, 6.45) is 3.01. The van der Waals surface area contributed by atoms with Crippen LogP contribution in [0, 0.1) is 0 Å². The van der Waals surface area contributed by atoms with Crippen LogP contribution < -0.4 is 11.1 Å². The van der Waals surface area contributed by atoms with Crippen molar-refractivity contribution in [1.29, 1.82) is 0 Å². The molecule has 0 unspecified atom stereocenters. The number of hydrogen-bond acceptors (Lipinski definition) is 13. The Morgan fingerprint density at radius 1 is 1.44 bits per heavy atom. The number of nitrogen functional groups attached to an aromatic ring is 1. The third kappa shape index (κ3) is 4.15. The van der Waals surface area contributed by atoms with Crippen molar-refractivity contribution in [1.82, 2.24) is 45.4 Å². The van der Waals surface area contributed by atoms with Crippen molar-refractivity contribution < 1.29 is 24.3 Å². The maximum atomic E-state index is 13.1. The first-order chi connectivity index (χ1) is 17.3. The number of rotatable bonds is 8. The lowest BCUT2D eigenvalue weighted by Crippen LogP contribution is -2.71. The number of fused-ring (bicyclic) bond motifs is 1. The van der Waals surface area contributed by atoms with E-state index in [1.165, 1.54) is 34.3 Å². The summed E-state index contributed by atoms with van der Waals surface area (Å²) >= 11 is 2.38. The number of hydrogen-bond donors (Lipinski definition) is 4. The number of nitrogens with two attached hydrogens (primary N) is 1. The van der Waals surface area contributed by atoms with E-state index in [0.29, 0.717) is 11.3 Å². The van der Waals surface area contributed by atoms with Crippen LogP contribution in [0.1, 0.15) is 17.2 Å². The average Bonchev–Trinajstić information content (AvgIpc) is 3.62. The molecule has 2 amide bonds. The van der Waals surface area contributed by atoms with Gasteiger partial charge in [0.15, 0.2) is 23.3 Å². The molecule has 1 saturated heterocycles. The first-order valence-corrected chi connectivity index (χ1v) is 12.1. The number of aromatic nitrogens is 7. The lowest BCUT2D eigenvalue weighted by Gasteiger charge is -2.49. The Kier molecular flexibility index (Phi) is 6.10. The first-order valence-electron chi connectivity index (χ1n) is 10.2. The number of carbonyl (C=O) groups is 3.